The molecule has 4 rings (SSSR count). The van der Waals surface area contributed by atoms with Crippen LogP contribution in [-0.2, 0) is 0 Å². The maximum atomic E-state index is 12.7. The first-order valence-corrected chi connectivity index (χ1v) is 9.32. The molecule has 0 aliphatic rings. The first kappa shape index (κ1) is 19.0. The summed E-state index contributed by atoms with van der Waals surface area (Å²) in [4.78, 5) is 24.7. The van der Waals surface area contributed by atoms with Gasteiger partial charge in [0.05, 0.1) is 16.8 Å². The van der Waals surface area contributed by atoms with Crippen LogP contribution in [0.5, 0.6) is 0 Å². The van der Waals surface area contributed by atoms with Crippen LogP contribution in [0.1, 0.15) is 20.7 Å². The van der Waals surface area contributed by atoms with Gasteiger partial charge in [0.1, 0.15) is 5.69 Å². The third kappa shape index (κ3) is 3.93. The highest BCUT2D eigenvalue weighted by atomic mass is 16.2. The lowest BCUT2D eigenvalue weighted by Gasteiger charge is -2.08. The number of benzene rings is 4. The molecular weight excluding hydrogens is 376 g/mol. The molecule has 4 aromatic carbocycles. The zero-order valence-corrected chi connectivity index (χ0v) is 15.9. The number of carbonyl (C=O) groups excluding carboxylic acids is 2. The van der Waals surface area contributed by atoms with Crippen LogP contribution in [0.3, 0.4) is 0 Å². The lowest BCUT2D eigenvalue weighted by atomic mass is 10.0. The molecule has 0 saturated heterocycles. The summed E-state index contributed by atoms with van der Waals surface area (Å²) in [5.41, 5.74) is 7.61. The topological polar surface area (TPSA) is 96.9 Å². The van der Waals surface area contributed by atoms with Crippen LogP contribution in [0.15, 0.2) is 101 Å². The number of fused-ring (bicyclic) bond motifs is 1. The van der Waals surface area contributed by atoms with Crippen molar-refractivity contribution in [2.75, 3.05) is 5.32 Å². The number of hydrogen-bond donors (Lipinski definition) is 2. The Balaban J connectivity index is 1.73. The van der Waals surface area contributed by atoms with E-state index in [4.69, 9.17) is 5.73 Å². The van der Waals surface area contributed by atoms with Crippen molar-refractivity contribution >= 4 is 39.6 Å². The zero-order chi connectivity index (χ0) is 20.9. The Bertz CT molecular complexity index is 1270. The molecule has 0 bridgehead atoms. The molecule has 0 fully saturated rings. The highest BCUT2D eigenvalue weighted by molar-refractivity contribution is 6.08. The monoisotopic (exact) mass is 394 g/mol. The van der Waals surface area contributed by atoms with Gasteiger partial charge in [-0.2, -0.15) is 0 Å². The molecule has 0 saturated carbocycles. The number of amides is 2. The Hall–Kier alpha value is -4.32. The van der Waals surface area contributed by atoms with Gasteiger partial charge >= 0.3 is 0 Å². The number of nitrogens with zero attached hydrogens (tertiary/aromatic N) is 2. The van der Waals surface area contributed by atoms with Gasteiger partial charge in [-0.25, -0.2) is 0 Å². The van der Waals surface area contributed by atoms with Gasteiger partial charge in [0, 0.05) is 11.1 Å². The van der Waals surface area contributed by atoms with Crippen molar-refractivity contribution in [3.05, 3.63) is 102 Å². The van der Waals surface area contributed by atoms with Crippen molar-refractivity contribution in [3.63, 3.8) is 0 Å². The molecule has 146 valence electrons. The fraction of sp³-hybridized carbons (Fsp3) is 0. The third-order valence-electron chi connectivity index (χ3n) is 4.60. The number of azo groups is 1. The largest absolute Gasteiger partial charge is 0.366 e. The Morgan fingerprint density at radius 2 is 1.40 bits per heavy atom. The molecule has 30 heavy (non-hydrogen) atoms. The van der Waals surface area contributed by atoms with Crippen molar-refractivity contribution in [3.8, 4) is 0 Å². The number of primary amides is 1. The Kier molecular flexibility index (Phi) is 5.30. The lowest BCUT2D eigenvalue weighted by Crippen LogP contribution is -2.12. The average Bonchev–Trinajstić information content (AvgIpc) is 2.78. The SMILES string of the molecule is NC(=O)c1ccc2ccccc2c1N=Nc1ccccc1C(=O)Nc1ccccc1. The van der Waals surface area contributed by atoms with E-state index in [1.54, 1.807) is 42.5 Å². The van der Waals surface area contributed by atoms with E-state index in [-0.39, 0.29) is 11.5 Å². The highest BCUT2D eigenvalue weighted by Crippen LogP contribution is 2.32. The minimum atomic E-state index is -0.593. The van der Waals surface area contributed by atoms with Gasteiger partial charge < -0.3 is 11.1 Å². The van der Waals surface area contributed by atoms with Crippen molar-refractivity contribution < 1.29 is 9.59 Å². The Labute approximate surface area is 173 Å². The normalized spacial score (nSPS) is 10.9. The molecule has 0 aliphatic carbocycles. The van der Waals surface area contributed by atoms with Gasteiger partial charge in [0.25, 0.3) is 11.8 Å². The smallest absolute Gasteiger partial charge is 0.257 e. The van der Waals surface area contributed by atoms with E-state index in [1.165, 1.54) is 0 Å². The van der Waals surface area contributed by atoms with Crippen molar-refractivity contribution in [1.82, 2.24) is 0 Å². The lowest BCUT2D eigenvalue weighted by molar-refractivity contribution is 0.0998. The van der Waals surface area contributed by atoms with Gasteiger partial charge in [-0.15, -0.1) is 10.2 Å². The molecule has 0 aromatic heterocycles. The molecule has 4 aromatic rings. The fourth-order valence-corrected chi connectivity index (χ4v) is 3.14. The first-order chi connectivity index (χ1) is 14.6. The van der Waals surface area contributed by atoms with Gasteiger partial charge in [0.15, 0.2) is 0 Å². The van der Waals surface area contributed by atoms with Crippen molar-refractivity contribution in [2.24, 2.45) is 16.0 Å². The molecule has 2 amide bonds. The van der Waals surface area contributed by atoms with Gasteiger partial charge in [-0.05, 0) is 35.7 Å². The Morgan fingerprint density at radius 1 is 0.700 bits per heavy atom. The van der Waals surface area contributed by atoms with Gasteiger partial charge in [-0.1, -0.05) is 60.7 Å². The van der Waals surface area contributed by atoms with Crippen LogP contribution >= 0.6 is 0 Å². The fourth-order valence-electron chi connectivity index (χ4n) is 3.14. The summed E-state index contributed by atoms with van der Waals surface area (Å²) in [5.74, 6) is -0.895. The maximum absolute atomic E-state index is 12.7. The summed E-state index contributed by atoms with van der Waals surface area (Å²) >= 11 is 0. The predicted molar refractivity (Wildman–Crippen MR) is 117 cm³/mol. The van der Waals surface area contributed by atoms with Gasteiger partial charge in [-0.3, -0.25) is 9.59 Å². The standard InChI is InChI=1S/C24H18N4O2/c25-23(29)20-15-14-16-8-4-5-11-18(16)22(20)28-27-21-13-7-6-12-19(21)24(30)26-17-9-2-1-3-10-17/h1-15H,(H2,25,29)(H,26,30). The van der Waals surface area contributed by atoms with E-state index in [1.807, 2.05) is 48.5 Å². The second kappa shape index (κ2) is 8.36. The average molecular weight is 394 g/mol. The number of nitrogens with two attached hydrogens (primary N) is 1. The molecule has 0 unspecified atom stereocenters. The summed E-state index contributed by atoms with van der Waals surface area (Å²) in [6.45, 7) is 0. The zero-order valence-electron chi connectivity index (χ0n) is 15.9. The molecule has 0 heterocycles. The number of hydrogen-bond acceptors (Lipinski definition) is 4. The number of rotatable bonds is 5. The molecule has 3 N–H and O–H groups in total. The summed E-state index contributed by atoms with van der Waals surface area (Å²) < 4.78 is 0. The van der Waals surface area contributed by atoms with Gasteiger partial charge in [0.2, 0.25) is 0 Å². The van der Waals surface area contributed by atoms with Crippen LogP contribution < -0.4 is 11.1 Å². The van der Waals surface area contributed by atoms with Crippen molar-refractivity contribution in [2.45, 2.75) is 0 Å². The summed E-state index contributed by atoms with van der Waals surface area (Å²) in [5, 5.41) is 13.1. The quantitative estimate of drug-likeness (QED) is 0.430. The van der Waals surface area contributed by atoms with Crippen molar-refractivity contribution in [1.29, 1.82) is 0 Å². The highest BCUT2D eigenvalue weighted by Gasteiger charge is 2.14. The number of nitrogens with one attached hydrogen (secondary N) is 1. The molecule has 0 atom stereocenters. The van der Waals surface area contributed by atoms with E-state index in [9.17, 15) is 9.59 Å². The number of carbonyl (C=O) groups is 2. The second-order valence-corrected chi connectivity index (χ2v) is 6.58. The van der Waals surface area contributed by atoms with Crippen LogP contribution in [0.2, 0.25) is 0 Å². The molecule has 6 nitrogen and oxygen atoms in total. The van der Waals surface area contributed by atoms with E-state index in [0.717, 1.165) is 10.8 Å². The summed E-state index contributed by atoms with van der Waals surface area (Å²) in [6.07, 6.45) is 0. The molecule has 0 spiro atoms. The van der Waals surface area contributed by atoms with Crippen LogP contribution in [0, 0.1) is 0 Å². The van der Waals surface area contributed by atoms with Crippen LogP contribution in [-0.4, -0.2) is 11.8 Å². The van der Waals surface area contributed by atoms with E-state index in [2.05, 4.69) is 15.5 Å². The van der Waals surface area contributed by atoms with E-state index in [0.29, 0.717) is 22.6 Å². The summed E-state index contributed by atoms with van der Waals surface area (Å²) in [7, 11) is 0. The maximum Gasteiger partial charge on any atom is 0.257 e. The predicted octanol–water partition coefficient (Wildman–Crippen LogP) is 5.61. The number of anilines is 1. The minimum Gasteiger partial charge on any atom is -0.366 e. The minimum absolute atomic E-state index is 0.267. The number of para-hydroxylation sites is 1. The third-order valence-corrected chi connectivity index (χ3v) is 4.60. The molecular formula is C24H18N4O2. The van der Waals surface area contributed by atoms with E-state index >= 15 is 0 Å². The van der Waals surface area contributed by atoms with Crippen LogP contribution in [0.25, 0.3) is 10.8 Å². The second-order valence-electron chi connectivity index (χ2n) is 6.58. The van der Waals surface area contributed by atoms with E-state index < -0.39 is 5.91 Å². The van der Waals surface area contributed by atoms with Crippen LogP contribution in [0.4, 0.5) is 17.1 Å². The first-order valence-electron chi connectivity index (χ1n) is 9.32. The Morgan fingerprint density at radius 3 is 2.20 bits per heavy atom. The summed E-state index contributed by atoms with van der Waals surface area (Å²) in [6, 6.07) is 27.0. The molecule has 0 aliphatic heterocycles. The molecule has 6 heteroatoms. The molecule has 0 radical (unpaired) electrons.